The van der Waals surface area contributed by atoms with Crippen LogP contribution in [0.4, 0.5) is 5.13 Å². The second-order valence-corrected chi connectivity index (χ2v) is 9.40. The molecule has 1 amide bonds. The second-order valence-electron chi connectivity index (χ2n) is 8.37. The Kier molecular flexibility index (Phi) is 4.93. The normalized spacial score (nSPS) is 12.0. The predicted octanol–water partition coefficient (Wildman–Crippen LogP) is 3.60. The van der Waals surface area contributed by atoms with Gasteiger partial charge in [-0.1, -0.05) is 17.4 Å². The minimum Gasteiger partial charge on any atom is -0.302 e. The molecule has 9 heteroatoms. The van der Waals surface area contributed by atoms with E-state index in [2.05, 4.69) is 20.4 Å². The molecule has 0 spiro atoms. The zero-order valence-corrected chi connectivity index (χ0v) is 18.5. The molecule has 0 fully saturated rings. The van der Waals surface area contributed by atoms with Crippen LogP contribution in [0.5, 0.6) is 0 Å². The summed E-state index contributed by atoms with van der Waals surface area (Å²) in [5.74, 6) is 0.365. The van der Waals surface area contributed by atoms with E-state index in [1.165, 1.54) is 15.9 Å². The van der Waals surface area contributed by atoms with Crippen molar-refractivity contribution in [2.75, 3.05) is 5.32 Å². The topological polar surface area (TPSA) is 94.7 Å². The van der Waals surface area contributed by atoms with Crippen LogP contribution in [-0.2, 0) is 16.9 Å². The third-order valence-corrected chi connectivity index (χ3v) is 5.80. The largest absolute Gasteiger partial charge is 0.302 e. The van der Waals surface area contributed by atoms with Gasteiger partial charge in [-0.05, 0) is 52.3 Å². The van der Waals surface area contributed by atoms with Crippen molar-refractivity contribution in [2.24, 2.45) is 0 Å². The molecule has 8 nitrogen and oxygen atoms in total. The SMILES string of the molecule is Cc1ccc2nc(NC(=O)CCn3c(C)nc4c(cnn4C(C)(C)C)c3=O)sc2c1. The number of hydrogen-bond acceptors (Lipinski definition) is 6. The van der Waals surface area contributed by atoms with Gasteiger partial charge in [-0.25, -0.2) is 14.6 Å². The quantitative estimate of drug-likeness (QED) is 0.540. The predicted molar refractivity (Wildman–Crippen MR) is 119 cm³/mol. The molecule has 4 rings (SSSR count). The summed E-state index contributed by atoms with van der Waals surface area (Å²) in [6, 6.07) is 5.98. The van der Waals surface area contributed by atoms with E-state index in [4.69, 9.17) is 0 Å². The molecule has 1 N–H and O–H groups in total. The molecule has 0 radical (unpaired) electrons. The fourth-order valence-electron chi connectivity index (χ4n) is 3.34. The van der Waals surface area contributed by atoms with E-state index >= 15 is 0 Å². The van der Waals surface area contributed by atoms with Crippen molar-refractivity contribution in [1.82, 2.24) is 24.3 Å². The number of benzene rings is 1. The Morgan fingerprint density at radius 3 is 2.70 bits per heavy atom. The highest BCUT2D eigenvalue weighted by molar-refractivity contribution is 7.22. The molecule has 0 aliphatic rings. The summed E-state index contributed by atoms with van der Waals surface area (Å²) in [6.45, 7) is 10.1. The van der Waals surface area contributed by atoms with Crippen LogP contribution in [0.1, 0.15) is 38.6 Å². The lowest BCUT2D eigenvalue weighted by Crippen LogP contribution is -2.28. The van der Waals surface area contributed by atoms with E-state index in [9.17, 15) is 9.59 Å². The molecule has 3 aromatic heterocycles. The molecule has 4 aromatic rings. The van der Waals surface area contributed by atoms with Crippen molar-refractivity contribution in [3.05, 3.63) is 46.1 Å². The summed E-state index contributed by atoms with van der Waals surface area (Å²) in [6.07, 6.45) is 1.70. The van der Waals surface area contributed by atoms with Crippen molar-refractivity contribution in [3.63, 3.8) is 0 Å². The van der Waals surface area contributed by atoms with Gasteiger partial charge in [0.2, 0.25) is 5.91 Å². The van der Waals surface area contributed by atoms with E-state index in [-0.39, 0.29) is 30.0 Å². The first-order valence-electron chi connectivity index (χ1n) is 9.76. The summed E-state index contributed by atoms with van der Waals surface area (Å²) >= 11 is 1.44. The van der Waals surface area contributed by atoms with Gasteiger partial charge in [0, 0.05) is 13.0 Å². The number of anilines is 1. The van der Waals surface area contributed by atoms with Crippen molar-refractivity contribution in [1.29, 1.82) is 0 Å². The van der Waals surface area contributed by atoms with E-state index in [0.717, 1.165) is 15.8 Å². The van der Waals surface area contributed by atoms with E-state index in [1.807, 2.05) is 45.9 Å². The molecule has 0 atom stereocenters. The Bertz CT molecular complexity index is 1330. The van der Waals surface area contributed by atoms with Gasteiger partial charge in [-0.15, -0.1) is 0 Å². The first-order valence-corrected chi connectivity index (χ1v) is 10.6. The van der Waals surface area contributed by atoms with Crippen LogP contribution in [0, 0.1) is 13.8 Å². The number of thiazole rings is 1. The van der Waals surface area contributed by atoms with Gasteiger partial charge < -0.3 is 5.32 Å². The molecule has 0 saturated heterocycles. The first kappa shape index (κ1) is 20.2. The summed E-state index contributed by atoms with van der Waals surface area (Å²) < 4.78 is 4.31. The van der Waals surface area contributed by atoms with Gasteiger partial charge in [-0.3, -0.25) is 14.2 Å². The van der Waals surface area contributed by atoms with Gasteiger partial charge in [0.05, 0.1) is 22.0 Å². The zero-order chi connectivity index (χ0) is 21.6. The number of amides is 1. The fraction of sp³-hybridized carbons (Fsp3) is 0.381. The standard InChI is InChI=1S/C21H24N6O2S/c1-12-6-7-15-16(10-12)30-20(24-15)25-17(28)8-9-26-13(2)23-18-14(19(26)29)11-22-27(18)21(3,4)5/h6-7,10-11H,8-9H2,1-5H3,(H,24,25,28). The van der Waals surface area contributed by atoms with Crippen LogP contribution < -0.4 is 10.9 Å². The summed E-state index contributed by atoms with van der Waals surface area (Å²) in [5, 5.41) is 8.20. The van der Waals surface area contributed by atoms with Gasteiger partial charge in [-0.2, -0.15) is 5.10 Å². The third kappa shape index (κ3) is 3.72. The average Bonchev–Trinajstić information content (AvgIpc) is 3.24. The minimum atomic E-state index is -0.282. The lowest BCUT2D eigenvalue weighted by atomic mass is 10.1. The Morgan fingerprint density at radius 1 is 1.20 bits per heavy atom. The number of aromatic nitrogens is 5. The van der Waals surface area contributed by atoms with E-state index in [1.54, 1.807) is 17.8 Å². The molecule has 156 valence electrons. The molecular weight excluding hydrogens is 400 g/mol. The molecule has 0 saturated carbocycles. The molecule has 30 heavy (non-hydrogen) atoms. The Labute approximate surface area is 177 Å². The first-order chi connectivity index (χ1) is 14.1. The van der Waals surface area contributed by atoms with Crippen molar-refractivity contribution in [3.8, 4) is 0 Å². The van der Waals surface area contributed by atoms with Gasteiger partial charge in [0.1, 0.15) is 11.2 Å². The van der Waals surface area contributed by atoms with Crippen LogP contribution in [0.15, 0.2) is 29.2 Å². The van der Waals surface area contributed by atoms with Crippen LogP contribution in [-0.4, -0.2) is 30.2 Å². The number of hydrogen-bond donors (Lipinski definition) is 1. The number of fused-ring (bicyclic) bond motifs is 2. The second kappa shape index (κ2) is 7.32. The highest BCUT2D eigenvalue weighted by Gasteiger charge is 2.21. The lowest BCUT2D eigenvalue weighted by Gasteiger charge is -2.20. The van der Waals surface area contributed by atoms with Gasteiger partial charge in [0.15, 0.2) is 10.8 Å². The molecule has 0 aliphatic carbocycles. The molecule has 1 aromatic carbocycles. The Morgan fingerprint density at radius 2 is 1.97 bits per heavy atom. The molecular formula is C21H24N6O2S. The maximum absolute atomic E-state index is 12.9. The summed E-state index contributed by atoms with van der Waals surface area (Å²) in [4.78, 5) is 34.4. The molecule has 0 aliphatic heterocycles. The Balaban J connectivity index is 1.52. The smallest absolute Gasteiger partial charge is 0.264 e. The zero-order valence-electron chi connectivity index (χ0n) is 17.7. The molecule has 3 heterocycles. The van der Waals surface area contributed by atoms with E-state index < -0.39 is 0 Å². The van der Waals surface area contributed by atoms with Crippen LogP contribution in [0.2, 0.25) is 0 Å². The van der Waals surface area contributed by atoms with Crippen LogP contribution >= 0.6 is 11.3 Å². The molecule has 0 unspecified atom stereocenters. The minimum absolute atomic E-state index is 0.149. The lowest BCUT2D eigenvalue weighted by molar-refractivity contribution is -0.116. The highest BCUT2D eigenvalue weighted by Crippen LogP contribution is 2.26. The van der Waals surface area contributed by atoms with E-state index in [0.29, 0.717) is 22.0 Å². The van der Waals surface area contributed by atoms with Gasteiger partial charge >= 0.3 is 0 Å². The number of carbonyl (C=O) groups excluding carboxylic acids is 1. The summed E-state index contributed by atoms with van der Waals surface area (Å²) in [5.41, 5.74) is 2.11. The highest BCUT2D eigenvalue weighted by atomic mass is 32.1. The number of nitrogens with one attached hydrogen (secondary N) is 1. The van der Waals surface area contributed by atoms with Crippen molar-refractivity contribution >= 4 is 43.6 Å². The fourth-order valence-corrected chi connectivity index (χ4v) is 4.32. The van der Waals surface area contributed by atoms with Gasteiger partial charge in [0.25, 0.3) is 5.56 Å². The number of carbonyl (C=O) groups is 1. The number of nitrogens with zero attached hydrogens (tertiary/aromatic N) is 5. The summed E-state index contributed by atoms with van der Waals surface area (Å²) in [7, 11) is 0. The van der Waals surface area contributed by atoms with Crippen molar-refractivity contribution < 1.29 is 4.79 Å². The monoisotopic (exact) mass is 424 g/mol. The Hall–Kier alpha value is -3.07. The van der Waals surface area contributed by atoms with Crippen LogP contribution in [0.25, 0.3) is 21.3 Å². The third-order valence-electron chi connectivity index (χ3n) is 4.87. The van der Waals surface area contributed by atoms with Crippen LogP contribution in [0.3, 0.4) is 0 Å². The number of aryl methyl sites for hydroxylation is 2. The number of rotatable bonds is 4. The van der Waals surface area contributed by atoms with Crippen molar-refractivity contribution in [2.45, 2.75) is 53.1 Å². The maximum atomic E-state index is 12.9. The molecule has 0 bridgehead atoms. The average molecular weight is 425 g/mol. The maximum Gasteiger partial charge on any atom is 0.264 e.